The van der Waals surface area contributed by atoms with Crippen molar-refractivity contribution >= 4 is 41.4 Å². The Kier molecular flexibility index (Phi) is 8.26. The van der Waals surface area contributed by atoms with Crippen LogP contribution in [0.3, 0.4) is 0 Å². The van der Waals surface area contributed by atoms with E-state index < -0.39 is 0 Å². The molecule has 0 radical (unpaired) electrons. The summed E-state index contributed by atoms with van der Waals surface area (Å²) in [6.45, 7) is 8.58. The number of benzene rings is 3. The lowest BCUT2D eigenvalue weighted by Gasteiger charge is -2.34. The molecule has 0 bridgehead atoms. The number of thioether (sulfide) groups is 1. The Balaban J connectivity index is 1.32. The fourth-order valence-electron chi connectivity index (χ4n) is 4.92. The van der Waals surface area contributed by atoms with Crippen LogP contribution in [0.4, 0.5) is 10.5 Å². The molecule has 7 nitrogen and oxygen atoms in total. The van der Waals surface area contributed by atoms with Gasteiger partial charge in [0.05, 0.1) is 23.7 Å². The van der Waals surface area contributed by atoms with Crippen LogP contribution in [0.15, 0.2) is 76.5 Å². The third kappa shape index (κ3) is 5.92. The summed E-state index contributed by atoms with van der Waals surface area (Å²) in [5.41, 5.74) is 5.79. The number of carbonyl (C=O) groups excluding carboxylic acids is 3. The molecule has 3 aromatic carbocycles. The van der Waals surface area contributed by atoms with E-state index in [-0.39, 0.29) is 17.9 Å². The van der Waals surface area contributed by atoms with Crippen molar-refractivity contribution in [3.8, 4) is 0 Å². The fraction of sp³-hybridized carbons (Fsp3) is 0.281. The number of amides is 3. The Morgan fingerprint density at radius 2 is 1.62 bits per heavy atom. The monoisotopic (exact) mass is 555 g/mol. The maximum atomic E-state index is 13.7. The molecule has 2 aliphatic heterocycles. The summed E-state index contributed by atoms with van der Waals surface area (Å²) in [6.07, 6.45) is 1.56. The first-order chi connectivity index (χ1) is 19.3. The van der Waals surface area contributed by atoms with Crippen LogP contribution in [0.25, 0.3) is 6.08 Å². The maximum absolute atomic E-state index is 13.7. The predicted octanol–water partition coefficient (Wildman–Crippen LogP) is 5.90. The average molecular weight is 556 g/mol. The van der Waals surface area contributed by atoms with Gasteiger partial charge in [0.25, 0.3) is 11.8 Å². The van der Waals surface area contributed by atoms with Crippen molar-refractivity contribution in [2.75, 3.05) is 37.7 Å². The molecule has 0 aliphatic carbocycles. The lowest BCUT2D eigenvalue weighted by atomic mass is 10.0. The van der Waals surface area contributed by atoms with Gasteiger partial charge in [-0.25, -0.2) is 4.79 Å². The molecule has 8 heteroatoms. The minimum atomic E-state index is -0.336. The van der Waals surface area contributed by atoms with Gasteiger partial charge in [-0.2, -0.15) is 0 Å². The van der Waals surface area contributed by atoms with E-state index in [0.29, 0.717) is 49.8 Å². The quantitative estimate of drug-likeness (QED) is 0.367. The lowest BCUT2D eigenvalue weighted by Crippen LogP contribution is -2.50. The summed E-state index contributed by atoms with van der Waals surface area (Å²) < 4.78 is 5.06. The average Bonchev–Trinajstić information content (AvgIpc) is 2.97. The Morgan fingerprint density at radius 1 is 0.925 bits per heavy atom. The summed E-state index contributed by atoms with van der Waals surface area (Å²) in [6, 6.07) is 21.7. The molecule has 0 spiro atoms. The van der Waals surface area contributed by atoms with Crippen LogP contribution in [0.2, 0.25) is 0 Å². The molecular formula is C32H33N3O4S. The summed E-state index contributed by atoms with van der Waals surface area (Å²) in [5.74, 6) is -0.108. The van der Waals surface area contributed by atoms with E-state index in [9.17, 15) is 14.4 Å². The van der Waals surface area contributed by atoms with E-state index in [0.717, 1.165) is 27.3 Å². The zero-order valence-corrected chi connectivity index (χ0v) is 23.9. The van der Waals surface area contributed by atoms with Gasteiger partial charge in [-0.15, -0.1) is 0 Å². The van der Waals surface area contributed by atoms with E-state index >= 15 is 0 Å². The Bertz CT molecular complexity index is 1460. The van der Waals surface area contributed by atoms with Gasteiger partial charge in [0.15, 0.2) is 0 Å². The highest BCUT2D eigenvalue weighted by molar-refractivity contribution is 8.04. The highest BCUT2D eigenvalue weighted by Gasteiger charge is 2.30. The van der Waals surface area contributed by atoms with Gasteiger partial charge >= 0.3 is 6.09 Å². The van der Waals surface area contributed by atoms with Gasteiger partial charge in [0.2, 0.25) is 0 Å². The number of nitrogens with zero attached hydrogens (tertiary/aromatic N) is 3. The van der Waals surface area contributed by atoms with Crippen LogP contribution in [0, 0.1) is 13.8 Å². The number of anilines is 1. The number of carbonyl (C=O) groups is 3. The molecule has 0 aromatic heterocycles. The number of para-hydroxylation sites is 1. The standard InChI is InChI=1S/C32H33N3O4S/c1-4-39-32(38)34-17-15-33(16-18-34)30(36)25-13-11-24(12-14-25)20-29-31(37)35(27-7-5-6-8-28(27)40-29)21-26-19-22(2)9-10-23(26)3/h5-14,19-20H,4,15-18,21H2,1-3H3. The number of aryl methyl sites for hydroxylation is 2. The Labute approximate surface area is 239 Å². The largest absolute Gasteiger partial charge is 0.450 e. The minimum Gasteiger partial charge on any atom is -0.450 e. The first kappa shape index (κ1) is 27.5. The smallest absolute Gasteiger partial charge is 0.409 e. The zero-order valence-electron chi connectivity index (χ0n) is 23.1. The van der Waals surface area contributed by atoms with Crippen molar-refractivity contribution in [1.29, 1.82) is 0 Å². The molecule has 3 aromatic rings. The number of piperazine rings is 1. The molecule has 0 unspecified atom stereocenters. The van der Waals surface area contributed by atoms with Gasteiger partial charge in [0, 0.05) is 36.6 Å². The third-order valence-corrected chi connectivity index (χ3v) is 8.29. The van der Waals surface area contributed by atoms with E-state index in [1.54, 1.807) is 28.9 Å². The number of hydrogen-bond donors (Lipinski definition) is 0. The van der Waals surface area contributed by atoms with Gasteiger partial charge in [0.1, 0.15) is 0 Å². The molecule has 1 fully saturated rings. The maximum Gasteiger partial charge on any atom is 0.409 e. The molecular weight excluding hydrogens is 522 g/mol. The van der Waals surface area contributed by atoms with Crippen molar-refractivity contribution in [2.24, 2.45) is 0 Å². The molecule has 2 aliphatic rings. The van der Waals surface area contributed by atoms with Crippen molar-refractivity contribution in [1.82, 2.24) is 9.80 Å². The lowest BCUT2D eigenvalue weighted by molar-refractivity contribution is -0.114. The van der Waals surface area contributed by atoms with E-state index in [1.165, 1.54) is 17.3 Å². The van der Waals surface area contributed by atoms with Gasteiger partial charge in [-0.3, -0.25) is 9.59 Å². The highest BCUT2D eigenvalue weighted by atomic mass is 32.2. The third-order valence-electron chi connectivity index (χ3n) is 7.21. The van der Waals surface area contributed by atoms with Crippen molar-refractivity contribution in [2.45, 2.75) is 32.2 Å². The first-order valence-corrected chi connectivity index (χ1v) is 14.3. The van der Waals surface area contributed by atoms with Crippen LogP contribution >= 0.6 is 11.8 Å². The highest BCUT2D eigenvalue weighted by Crippen LogP contribution is 2.42. The molecule has 0 N–H and O–H groups in total. The normalized spacial score (nSPS) is 16.2. The molecule has 1 saturated heterocycles. The molecule has 206 valence electrons. The van der Waals surface area contributed by atoms with E-state index in [4.69, 9.17) is 4.74 Å². The van der Waals surface area contributed by atoms with Crippen LogP contribution in [-0.2, 0) is 16.1 Å². The predicted molar refractivity (Wildman–Crippen MR) is 158 cm³/mol. The number of fused-ring (bicyclic) bond motifs is 1. The van der Waals surface area contributed by atoms with Crippen LogP contribution < -0.4 is 4.90 Å². The molecule has 0 atom stereocenters. The summed E-state index contributed by atoms with van der Waals surface area (Å²) in [4.78, 5) is 45.7. The Hall–Kier alpha value is -4.04. The molecule has 40 heavy (non-hydrogen) atoms. The fourth-order valence-corrected chi connectivity index (χ4v) is 5.98. The van der Waals surface area contributed by atoms with Crippen molar-refractivity contribution in [3.63, 3.8) is 0 Å². The zero-order chi connectivity index (χ0) is 28.2. The first-order valence-electron chi connectivity index (χ1n) is 13.5. The number of ether oxygens (including phenoxy) is 1. The van der Waals surface area contributed by atoms with Gasteiger partial charge in [-0.1, -0.05) is 59.8 Å². The minimum absolute atomic E-state index is 0.0378. The number of hydrogen-bond acceptors (Lipinski definition) is 5. The van der Waals surface area contributed by atoms with Crippen LogP contribution in [0.5, 0.6) is 0 Å². The Morgan fingerprint density at radius 3 is 2.35 bits per heavy atom. The topological polar surface area (TPSA) is 70.2 Å². The second-order valence-corrected chi connectivity index (χ2v) is 11.1. The molecule has 2 heterocycles. The molecule has 0 saturated carbocycles. The van der Waals surface area contributed by atoms with Crippen molar-refractivity contribution in [3.05, 3.63) is 99.5 Å². The van der Waals surface area contributed by atoms with Gasteiger partial charge in [-0.05, 0) is 67.8 Å². The summed E-state index contributed by atoms with van der Waals surface area (Å²) >= 11 is 1.47. The summed E-state index contributed by atoms with van der Waals surface area (Å²) in [7, 11) is 0. The number of rotatable bonds is 5. The van der Waals surface area contributed by atoms with Crippen LogP contribution in [0.1, 0.15) is 39.5 Å². The van der Waals surface area contributed by atoms with Crippen molar-refractivity contribution < 1.29 is 19.1 Å². The SMILES string of the molecule is CCOC(=O)N1CCN(C(=O)c2ccc(C=C3Sc4ccccc4N(Cc4cc(C)ccc4C)C3=O)cc2)CC1. The molecule has 3 amide bonds. The van der Waals surface area contributed by atoms with E-state index in [1.807, 2.05) is 47.4 Å². The second kappa shape index (κ2) is 12.0. The summed E-state index contributed by atoms with van der Waals surface area (Å²) in [5, 5.41) is 0. The molecule has 5 rings (SSSR count). The van der Waals surface area contributed by atoms with E-state index in [2.05, 4.69) is 32.0 Å². The van der Waals surface area contributed by atoms with Crippen LogP contribution in [-0.4, -0.2) is 60.5 Å². The second-order valence-electron chi connectivity index (χ2n) is 10.00. The van der Waals surface area contributed by atoms with Gasteiger partial charge < -0.3 is 19.4 Å².